The molecule has 3 N–H and O–H groups in total. The Morgan fingerprint density at radius 2 is 2.00 bits per heavy atom. The highest BCUT2D eigenvalue weighted by Gasteiger charge is 2.38. The molecule has 0 unspecified atom stereocenters. The van der Waals surface area contributed by atoms with Crippen molar-refractivity contribution in [1.82, 2.24) is 19.9 Å². The van der Waals surface area contributed by atoms with E-state index in [-0.39, 0.29) is 6.03 Å². The molecule has 3 aromatic rings. The van der Waals surface area contributed by atoms with E-state index in [1.165, 1.54) is 5.69 Å². The Balaban J connectivity index is 0.000000426. The number of rotatable bonds is 3. The highest BCUT2D eigenvalue weighted by molar-refractivity contribution is 6.04. The predicted molar refractivity (Wildman–Crippen MR) is 134 cm³/mol. The molecule has 0 aliphatic carbocycles. The molecular formula is C24H28F3N7O4. The molecule has 5 rings (SSSR count). The molecular weight excluding hydrogens is 507 g/mol. The van der Waals surface area contributed by atoms with E-state index in [1.807, 2.05) is 19.1 Å². The van der Waals surface area contributed by atoms with E-state index < -0.39 is 12.1 Å². The van der Waals surface area contributed by atoms with Crippen LogP contribution in [0.4, 0.5) is 35.2 Å². The van der Waals surface area contributed by atoms with E-state index in [9.17, 15) is 18.0 Å². The second-order valence-corrected chi connectivity index (χ2v) is 8.98. The molecule has 5 heterocycles. The summed E-state index contributed by atoms with van der Waals surface area (Å²) < 4.78 is 39.0. The van der Waals surface area contributed by atoms with Crippen LogP contribution in [0.1, 0.15) is 18.2 Å². The van der Waals surface area contributed by atoms with Crippen LogP contribution < -0.4 is 25.2 Å². The molecule has 11 nitrogen and oxygen atoms in total. The molecule has 1 fully saturated rings. The summed E-state index contributed by atoms with van der Waals surface area (Å²) in [5.41, 5.74) is 4.73. The molecule has 0 spiro atoms. The van der Waals surface area contributed by atoms with Crippen LogP contribution in [0.5, 0.6) is 5.75 Å². The first-order valence-corrected chi connectivity index (χ1v) is 11.9. The van der Waals surface area contributed by atoms with Gasteiger partial charge in [0, 0.05) is 49.7 Å². The Morgan fingerprint density at radius 1 is 1.26 bits per heavy atom. The van der Waals surface area contributed by atoms with Gasteiger partial charge in [0.05, 0.1) is 30.2 Å². The minimum absolute atomic E-state index is 0.212. The maximum Gasteiger partial charge on any atom is 0.490 e. The van der Waals surface area contributed by atoms with Gasteiger partial charge in [-0.1, -0.05) is 0 Å². The van der Waals surface area contributed by atoms with Gasteiger partial charge in [0.1, 0.15) is 5.82 Å². The number of nitrogens with zero attached hydrogens (tertiary/aromatic N) is 5. The topological polar surface area (TPSA) is 124 Å². The molecule has 38 heavy (non-hydrogen) atoms. The quantitative estimate of drug-likeness (QED) is 0.468. The van der Waals surface area contributed by atoms with Gasteiger partial charge in [-0.25, -0.2) is 19.1 Å². The molecule has 2 aliphatic heterocycles. The third-order valence-corrected chi connectivity index (χ3v) is 6.19. The number of hydrogen-bond donors (Lipinski definition) is 3. The number of carboxylic acids is 1. The van der Waals surface area contributed by atoms with E-state index in [4.69, 9.17) is 14.6 Å². The number of methoxy groups -OCH3 is 1. The summed E-state index contributed by atoms with van der Waals surface area (Å²) in [5.74, 6) is -1.46. The van der Waals surface area contributed by atoms with Crippen LogP contribution in [-0.4, -0.2) is 77.2 Å². The number of aromatic nitrogens is 3. The largest absolute Gasteiger partial charge is 0.493 e. The van der Waals surface area contributed by atoms with Crippen LogP contribution in [0.2, 0.25) is 0 Å². The van der Waals surface area contributed by atoms with Gasteiger partial charge in [0.2, 0.25) is 0 Å². The number of hydrogen-bond acceptors (Lipinski definition) is 7. The van der Waals surface area contributed by atoms with E-state index in [2.05, 4.69) is 38.6 Å². The number of carbonyl (C=O) groups excluding carboxylic acids is 1. The normalized spacial score (nSPS) is 17.1. The van der Waals surface area contributed by atoms with Crippen LogP contribution in [-0.2, 0) is 11.2 Å². The number of aliphatic carboxylic acids is 1. The molecule has 0 saturated carbocycles. The Morgan fingerprint density at radius 3 is 2.66 bits per heavy atom. The van der Waals surface area contributed by atoms with Crippen molar-refractivity contribution in [2.24, 2.45) is 0 Å². The summed E-state index contributed by atoms with van der Waals surface area (Å²) in [7, 11) is 1.58. The summed E-state index contributed by atoms with van der Waals surface area (Å²) in [6.45, 7) is 7.59. The summed E-state index contributed by atoms with van der Waals surface area (Å²) in [4.78, 5) is 30.8. The Labute approximate surface area is 216 Å². The number of nitrogens with one attached hydrogen (secondary N) is 2. The van der Waals surface area contributed by atoms with Crippen LogP contribution >= 0.6 is 0 Å². The van der Waals surface area contributed by atoms with Gasteiger partial charge >= 0.3 is 18.2 Å². The van der Waals surface area contributed by atoms with Gasteiger partial charge in [-0.05, 0) is 38.5 Å². The third kappa shape index (κ3) is 5.74. The average Bonchev–Trinajstić information content (AvgIpc) is 3.45. The summed E-state index contributed by atoms with van der Waals surface area (Å²) in [5, 5.41) is 18.0. The molecule has 14 heteroatoms. The lowest BCUT2D eigenvalue weighted by Crippen LogP contribution is -2.49. The van der Waals surface area contributed by atoms with Crippen molar-refractivity contribution in [3.63, 3.8) is 0 Å². The van der Waals surface area contributed by atoms with Gasteiger partial charge in [0.25, 0.3) is 0 Å². The predicted octanol–water partition coefficient (Wildman–Crippen LogP) is 3.07. The highest BCUT2D eigenvalue weighted by Crippen LogP contribution is 2.35. The van der Waals surface area contributed by atoms with E-state index in [1.54, 1.807) is 28.9 Å². The number of carboxylic acid groups (broad SMARTS) is 1. The Bertz CT molecular complexity index is 1340. The number of aryl methyl sites for hydroxylation is 1. The number of ether oxygens (including phenoxy) is 1. The van der Waals surface area contributed by atoms with Crippen molar-refractivity contribution in [2.75, 3.05) is 48.4 Å². The zero-order valence-corrected chi connectivity index (χ0v) is 21.0. The molecule has 204 valence electrons. The van der Waals surface area contributed by atoms with Crippen LogP contribution in [0.25, 0.3) is 5.52 Å². The van der Waals surface area contributed by atoms with E-state index in [0.29, 0.717) is 24.0 Å². The monoisotopic (exact) mass is 535 g/mol. The van der Waals surface area contributed by atoms with Crippen LogP contribution in [0.15, 0.2) is 30.6 Å². The molecule has 3 aromatic heterocycles. The molecule has 1 saturated heterocycles. The van der Waals surface area contributed by atoms with Crippen molar-refractivity contribution in [3.8, 4) is 5.75 Å². The molecule has 0 radical (unpaired) electrons. The number of fused-ring (bicyclic) bond motifs is 2. The molecule has 0 bridgehead atoms. The smallest absolute Gasteiger partial charge is 0.490 e. The fourth-order valence-electron chi connectivity index (χ4n) is 4.51. The highest BCUT2D eigenvalue weighted by atomic mass is 19.4. The lowest BCUT2D eigenvalue weighted by atomic mass is 10.1. The van der Waals surface area contributed by atoms with Gasteiger partial charge in [0.15, 0.2) is 5.75 Å². The number of alkyl halides is 3. The number of amides is 2. The van der Waals surface area contributed by atoms with Gasteiger partial charge in [-0.3, -0.25) is 4.90 Å². The van der Waals surface area contributed by atoms with Gasteiger partial charge < -0.3 is 25.4 Å². The summed E-state index contributed by atoms with van der Waals surface area (Å²) >= 11 is 0. The molecule has 2 amide bonds. The SMILES string of the molecule is COc1cn2nc(C)cc2cc1NC(=O)N1CCc2c(N3CCN[C@@H](C)C3)ccnc21.O=C(O)C(F)(F)F. The fraction of sp³-hybridized carbons (Fsp3) is 0.417. The van der Waals surface area contributed by atoms with Crippen molar-refractivity contribution < 1.29 is 32.6 Å². The maximum atomic E-state index is 13.2. The first-order valence-electron chi connectivity index (χ1n) is 11.9. The van der Waals surface area contributed by atoms with Gasteiger partial charge in [-0.2, -0.15) is 18.3 Å². The number of urea groups is 1. The zero-order valence-electron chi connectivity index (χ0n) is 21.0. The number of anilines is 3. The number of carbonyl (C=O) groups is 2. The van der Waals surface area contributed by atoms with Gasteiger partial charge in [-0.15, -0.1) is 0 Å². The minimum Gasteiger partial charge on any atom is -0.493 e. The molecule has 1 atom stereocenters. The lowest BCUT2D eigenvalue weighted by Gasteiger charge is -2.34. The molecule has 2 aliphatic rings. The lowest BCUT2D eigenvalue weighted by molar-refractivity contribution is -0.192. The minimum atomic E-state index is -5.08. The Hall–Kier alpha value is -4.07. The standard InChI is InChI=1S/C22H27N7O2.C2HF3O2/c1-14-10-16-11-18(20(31-3)13-29(16)26-14)25-22(30)28-8-5-17-19(4-6-24-21(17)28)27-9-7-23-15(2)12-27;3-2(4,5)1(6)7/h4,6,10-11,13,15,23H,5,7-9,12H2,1-3H3,(H,25,30);(H,6,7)/t15-;/m0./s1. The average molecular weight is 536 g/mol. The van der Waals surface area contributed by atoms with Crippen molar-refractivity contribution in [3.05, 3.63) is 41.9 Å². The number of pyridine rings is 2. The van der Waals surface area contributed by atoms with Crippen LogP contribution in [0, 0.1) is 6.92 Å². The fourth-order valence-corrected chi connectivity index (χ4v) is 4.51. The van der Waals surface area contributed by atoms with Crippen LogP contribution in [0.3, 0.4) is 0 Å². The first-order chi connectivity index (χ1) is 18.0. The second kappa shape index (κ2) is 10.7. The third-order valence-electron chi connectivity index (χ3n) is 6.19. The summed E-state index contributed by atoms with van der Waals surface area (Å²) in [6, 6.07) is 6.13. The summed E-state index contributed by atoms with van der Waals surface area (Å²) in [6.07, 6.45) is -0.714. The zero-order chi connectivity index (χ0) is 27.6. The first kappa shape index (κ1) is 27.0. The van der Waals surface area contributed by atoms with Crippen molar-refractivity contribution in [2.45, 2.75) is 32.5 Å². The van der Waals surface area contributed by atoms with Crippen molar-refractivity contribution >= 4 is 34.7 Å². The molecule has 0 aromatic carbocycles. The van der Waals surface area contributed by atoms with E-state index >= 15 is 0 Å². The Kier molecular flexibility index (Phi) is 7.62. The second-order valence-electron chi connectivity index (χ2n) is 8.98. The van der Waals surface area contributed by atoms with Crippen molar-refractivity contribution in [1.29, 1.82) is 0 Å². The maximum absolute atomic E-state index is 13.2. The number of halogens is 3. The number of piperazine rings is 1. The van der Waals surface area contributed by atoms with E-state index in [0.717, 1.165) is 48.6 Å².